The molecule has 2 aliphatic heterocycles. The van der Waals surface area contributed by atoms with E-state index in [1.807, 2.05) is 4.90 Å². The van der Waals surface area contributed by atoms with E-state index in [1.54, 1.807) is 22.9 Å². The minimum atomic E-state index is -0.263. The summed E-state index contributed by atoms with van der Waals surface area (Å²) in [5, 5.41) is 9.88. The molecule has 0 aliphatic carbocycles. The third-order valence-corrected chi connectivity index (χ3v) is 4.70. The lowest BCUT2D eigenvalue weighted by atomic mass is 9.82. The van der Waals surface area contributed by atoms with Crippen molar-refractivity contribution in [3.8, 4) is 0 Å². The van der Waals surface area contributed by atoms with Crippen molar-refractivity contribution in [3.63, 3.8) is 0 Å². The molecule has 0 saturated carbocycles. The summed E-state index contributed by atoms with van der Waals surface area (Å²) in [6.45, 7) is 0.428. The molecular weight excluding hydrogens is 268 g/mol. The van der Waals surface area contributed by atoms with Crippen molar-refractivity contribution in [2.75, 3.05) is 0 Å². The zero-order valence-corrected chi connectivity index (χ0v) is 12.1. The van der Waals surface area contributed by atoms with Gasteiger partial charge in [-0.3, -0.25) is 9.59 Å². The van der Waals surface area contributed by atoms with Crippen molar-refractivity contribution in [3.05, 3.63) is 34.7 Å². The van der Waals surface area contributed by atoms with Crippen LogP contribution in [0.4, 0.5) is 0 Å². The van der Waals surface area contributed by atoms with E-state index in [1.165, 1.54) is 6.07 Å². The molecule has 21 heavy (non-hydrogen) atoms. The average molecular weight is 290 g/mol. The molecule has 5 nitrogen and oxygen atoms in total. The third kappa shape index (κ3) is 3.02. The van der Waals surface area contributed by atoms with Crippen molar-refractivity contribution in [2.45, 2.75) is 63.3 Å². The van der Waals surface area contributed by atoms with Crippen LogP contribution in [0.15, 0.2) is 29.2 Å². The van der Waals surface area contributed by atoms with Gasteiger partial charge in [0.2, 0.25) is 5.91 Å². The Morgan fingerprint density at radius 1 is 1.24 bits per heavy atom. The van der Waals surface area contributed by atoms with E-state index in [9.17, 15) is 14.7 Å². The van der Waals surface area contributed by atoms with E-state index in [2.05, 4.69) is 0 Å². The fourth-order valence-electron chi connectivity index (χ4n) is 3.75. The first kappa shape index (κ1) is 14.3. The molecule has 2 bridgehead atoms. The van der Waals surface area contributed by atoms with Gasteiger partial charge in [-0.1, -0.05) is 6.07 Å². The van der Waals surface area contributed by atoms with Crippen LogP contribution in [0.5, 0.6) is 0 Å². The quantitative estimate of drug-likeness (QED) is 0.908. The van der Waals surface area contributed by atoms with Gasteiger partial charge in [-0.15, -0.1) is 0 Å². The van der Waals surface area contributed by atoms with Gasteiger partial charge in [-0.2, -0.15) is 0 Å². The highest BCUT2D eigenvalue weighted by Gasteiger charge is 2.39. The average Bonchev–Trinajstić information content (AvgIpc) is 2.45. The van der Waals surface area contributed by atoms with Gasteiger partial charge in [-0.25, -0.2) is 0 Å². The molecule has 1 aromatic heterocycles. The van der Waals surface area contributed by atoms with Gasteiger partial charge in [0.05, 0.1) is 6.10 Å². The van der Waals surface area contributed by atoms with Crippen LogP contribution in [0.3, 0.4) is 0 Å². The Bertz CT molecular complexity index is 555. The molecule has 1 unspecified atom stereocenters. The fraction of sp³-hybridized carbons (Fsp3) is 0.625. The summed E-state index contributed by atoms with van der Waals surface area (Å²) in [5.41, 5.74) is -0.0699. The van der Waals surface area contributed by atoms with Gasteiger partial charge in [0.15, 0.2) is 0 Å². The molecule has 2 saturated heterocycles. The van der Waals surface area contributed by atoms with Crippen molar-refractivity contribution in [1.29, 1.82) is 0 Å². The van der Waals surface area contributed by atoms with Crippen LogP contribution in [0, 0.1) is 0 Å². The molecule has 3 heterocycles. The van der Waals surface area contributed by atoms with E-state index >= 15 is 0 Å². The number of carbonyl (C=O) groups excluding carboxylic acids is 1. The lowest BCUT2D eigenvalue weighted by Gasteiger charge is -2.47. The predicted molar refractivity (Wildman–Crippen MR) is 78.8 cm³/mol. The van der Waals surface area contributed by atoms with Crippen LogP contribution in [-0.2, 0) is 11.3 Å². The second-order valence-corrected chi connectivity index (χ2v) is 6.15. The molecule has 1 aromatic rings. The standard InChI is InChI=1S/C16H22N2O3/c19-14-10-12-4-3-5-13(11-14)18(12)16(21)7-9-17-8-2-1-6-15(17)20/h1-2,6,8,12-14,19H,3-5,7,9-11H2/t12-,13+,14?. The van der Waals surface area contributed by atoms with Crippen LogP contribution in [0.2, 0.25) is 0 Å². The first-order valence-corrected chi connectivity index (χ1v) is 7.80. The maximum Gasteiger partial charge on any atom is 0.250 e. The highest BCUT2D eigenvalue weighted by molar-refractivity contribution is 5.77. The molecule has 0 spiro atoms. The summed E-state index contributed by atoms with van der Waals surface area (Å²) in [6, 6.07) is 5.39. The molecule has 114 valence electrons. The van der Waals surface area contributed by atoms with Gasteiger partial charge in [0, 0.05) is 37.3 Å². The van der Waals surface area contributed by atoms with Crippen molar-refractivity contribution in [1.82, 2.24) is 9.47 Å². The second kappa shape index (κ2) is 6.02. The van der Waals surface area contributed by atoms with Crippen LogP contribution in [0.1, 0.15) is 38.5 Å². The zero-order valence-electron chi connectivity index (χ0n) is 12.1. The Morgan fingerprint density at radius 2 is 1.95 bits per heavy atom. The van der Waals surface area contributed by atoms with Gasteiger partial charge in [-0.05, 0) is 38.2 Å². The van der Waals surface area contributed by atoms with Gasteiger partial charge < -0.3 is 14.6 Å². The summed E-state index contributed by atoms with van der Waals surface area (Å²) in [6.07, 6.45) is 6.34. The number of carbonyl (C=O) groups is 1. The van der Waals surface area contributed by atoms with Crippen LogP contribution < -0.4 is 5.56 Å². The van der Waals surface area contributed by atoms with Crippen molar-refractivity contribution in [2.24, 2.45) is 0 Å². The fourth-order valence-corrected chi connectivity index (χ4v) is 3.75. The van der Waals surface area contributed by atoms with Gasteiger partial charge in [0.1, 0.15) is 0 Å². The molecule has 1 N–H and O–H groups in total. The highest BCUT2D eigenvalue weighted by Crippen LogP contribution is 2.34. The monoisotopic (exact) mass is 290 g/mol. The smallest absolute Gasteiger partial charge is 0.250 e. The van der Waals surface area contributed by atoms with E-state index < -0.39 is 0 Å². The first-order valence-electron chi connectivity index (χ1n) is 7.80. The number of nitrogens with zero attached hydrogens (tertiary/aromatic N) is 2. The minimum Gasteiger partial charge on any atom is -0.393 e. The maximum atomic E-state index is 12.5. The van der Waals surface area contributed by atoms with Crippen LogP contribution in [0.25, 0.3) is 0 Å². The molecule has 3 atom stereocenters. The molecule has 1 amide bonds. The molecule has 0 aromatic carbocycles. The lowest BCUT2D eigenvalue weighted by molar-refractivity contribution is -0.144. The van der Waals surface area contributed by atoms with Crippen molar-refractivity contribution >= 4 is 5.91 Å². The summed E-state index contributed by atoms with van der Waals surface area (Å²) in [5.74, 6) is 0.118. The van der Waals surface area contributed by atoms with Crippen molar-refractivity contribution < 1.29 is 9.90 Å². The number of fused-ring (bicyclic) bond motifs is 2. The Morgan fingerprint density at radius 3 is 2.62 bits per heavy atom. The molecular formula is C16H22N2O3. The zero-order chi connectivity index (χ0) is 14.8. The Balaban J connectivity index is 1.65. The molecule has 3 rings (SSSR count). The highest BCUT2D eigenvalue weighted by atomic mass is 16.3. The Hall–Kier alpha value is -1.62. The number of aliphatic hydroxyl groups excluding tert-OH is 1. The number of piperidine rings is 2. The topological polar surface area (TPSA) is 62.5 Å². The van der Waals surface area contributed by atoms with Crippen LogP contribution in [-0.4, -0.2) is 38.7 Å². The van der Waals surface area contributed by atoms with Crippen LogP contribution >= 0.6 is 0 Å². The number of pyridine rings is 1. The van der Waals surface area contributed by atoms with Gasteiger partial charge >= 0.3 is 0 Å². The summed E-state index contributed by atoms with van der Waals surface area (Å²) in [4.78, 5) is 26.2. The molecule has 2 aliphatic rings. The minimum absolute atomic E-state index is 0.0699. The summed E-state index contributed by atoms with van der Waals surface area (Å²) < 4.78 is 1.58. The second-order valence-electron chi connectivity index (χ2n) is 6.15. The van der Waals surface area contributed by atoms with E-state index in [0.29, 0.717) is 25.8 Å². The third-order valence-electron chi connectivity index (χ3n) is 4.70. The Labute approximate surface area is 124 Å². The number of rotatable bonds is 3. The lowest BCUT2D eigenvalue weighted by Crippen LogP contribution is -2.56. The van der Waals surface area contributed by atoms with E-state index in [4.69, 9.17) is 0 Å². The molecule has 5 heteroatoms. The number of amides is 1. The van der Waals surface area contributed by atoms with Gasteiger partial charge in [0.25, 0.3) is 5.56 Å². The number of hydrogen-bond acceptors (Lipinski definition) is 3. The summed E-state index contributed by atoms with van der Waals surface area (Å²) >= 11 is 0. The van der Waals surface area contributed by atoms with E-state index in [-0.39, 0.29) is 29.7 Å². The molecule has 0 radical (unpaired) electrons. The normalized spacial score (nSPS) is 28.4. The number of aryl methyl sites for hydroxylation is 1. The first-order chi connectivity index (χ1) is 10.1. The number of aromatic nitrogens is 1. The predicted octanol–water partition coefficient (Wildman–Crippen LogP) is 1.14. The maximum absolute atomic E-state index is 12.5. The number of hydrogen-bond donors (Lipinski definition) is 1. The summed E-state index contributed by atoms with van der Waals surface area (Å²) in [7, 11) is 0. The molecule has 2 fully saturated rings. The SMILES string of the molecule is O=C(CCn1ccccc1=O)N1[C@@H]2CCC[C@H]1CC(O)C2. The largest absolute Gasteiger partial charge is 0.393 e. The number of aliphatic hydroxyl groups is 1. The Kier molecular flexibility index (Phi) is 4.10. The van der Waals surface area contributed by atoms with E-state index in [0.717, 1.165) is 19.3 Å².